The number of amides is 1. The molecule has 0 saturated carbocycles. The normalized spacial score (nSPS) is 11.3. The van der Waals surface area contributed by atoms with E-state index in [9.17, 15) is 18.0 Å². The molecule has 0 atom stereocenters. The zero-order valence-electron chi connectivity index (χ0n) is 11.0. The lowest BCUT2D eigenvalue weighted by molar-refractivity contribution is -0.141. The first kappa shape index (κ1) is 16.0. The Morgan fingerprint density at radius 2 is 2.00 bits per heavy atom. The van der Waals surface area contributed by atoms with Gasteiger partial charge in [-0.2, -0.15) is 13.2 Å². The summed E-state index contributed by atoms with van der Waals surface area (Å²) in [5.41, 5.74) is 4.58. The van der Waals surface area contributed by atoms with Crippen molar-refractivity contribution in [3.8, 4) is 0 Å². The van der Waals surface area contributed by atoms with E-state index in [-0.39, 0.29) is 17.1 Å². The lowest BCUT2D eigenvalue weighted by Gasteiger charge is -2.10. The Bertz CT molecular complexity index is 689. The van der Waals surface area contributed by atoms with Crippen molar-refractivity contribution in [2.75, 3.05) is 5.73 Å². The van der Waals surface area contributed by atoms with E-state index in [0.717, 1.165) is 6.20 Å². The summed E-state index contributed by atoms with van der Waals surface area (Å²) in [5.74, 6) is -0.420. The van der Waals surface area contributed by atoms with E-state index in [1.54, 1.807) is 12.1 Å². The number of aromatic nitrogens is 2. The van der Waals surface area contributed by atoms with E-state index in [1.165, 1.54) is 6.20 Å². The number of anilines is 1. The van der Waals surface area contributed by atoms with Crippen LogP contribution in [0.2, 0.25) is 5.02 Å². The summed E-state index contributed by atoms with van der Waals surface area (Å²) in [5, 5.41) is 2.29. The van der Waals surface area contributed by atoms with Crippen LogP contribution in [0.15, 0.2) is 30.6 Å². The fourth-order valence-electron chi connectivity index (χ4n) is 1.59. The van der Waals surface area contributed by atoms with Gasteiger partial charge in [0.2, 0.25) is 0 Å². The van der Waals surface area contributed by atoms with Crippen molar-refractivity contribution in [3.63, 3.8) is 0 Å². The van der Waals surface area contributed by atoms with Gasteiger partial charge in [0, 0.05) is 18.9 Å². The minimum absolute atomic E-state index is 0.0755. The highest BCUT2D eigenvalue weighted by atomic mass is 35.5. The lowest BCUT2D eigenvalue weighted by atomic mass is 10.2. The second kappa shape index (κ2) is 6.18. The lowest BCUT2D eigenvalue weighted by Crippen LogP contribution is -2.24. The number of nitrogens with one attached hydrogen (secondary N) is 1. The summed E-state index contributed by atoms with van der Waals surface area (Å²) in [6, 6.07) is 3.79. The number of nitrogen functional groups attached to an aromatic ring is 1. The van der Waals surface area contributed by atoms with Crippen molar-refractivity contribution >= 4 is 23.3 Å². The molecule has 116 valence electrons. The predicted octanol–water partition coefficient (Wildman–Crippen LogP) is 2.66. The molecule has 2 heterocycles. The maximum absolute atomic E-state index is 12.6. The van der Waals surface area contributed by atoms with E-state index in [0.29, 0.717) is 17.4 Å². The second-order valence-corrected chi connectivity index (χ2v) is 4.73. The topological polar surface area (TPSA) is 80.9 Å². The molecular weight excluding hydrogens is 321 g/mol. The first-order valence-electron chi connectivity index (χ1n) is 5.98. The quantitative estimate of drug-likeness (QED) is 0.906. The summed E-state index contributed by atoms with van der Waals surface area (Å²) < 4.78 is 37.8. The first-order valence-corrected chi connectivity index (χ1v) is 6.36. The van der Waals surface area contributed by atoms with Gasteiger partial charge in [0.15, 0.2) is 0 Å². The zero-order chi connectivity index (χ0) is 16.3. The molecule has 0 aromatic carbocycles. The molecular formula is C13H10ClF3N4O. The highest BCUT2D eigenvalue weighted by Gasteiger charge is 2.33. The van der Waals surface area contributed by atoms with Crippen LogP contribution in [0.5, 0.6) is 0 Å². The molecule has 22 heavy (non-hydrogen) atoms. The van der Waals surface area contributed by atoms with Crippen molar-refractivity contribution in [3.05, 3.63) is 52.4 Å². The Hall–Kier alpha value is -2.35. The molecule has 0 unspecified atom stereocenters. The number of rotatable bonds is 3. The molecule has 2 rings (SSSR count). The van der Waals surface area contributed by atoms with E-state index in [4.69, 9.17) is 17.3 Å². The van der Waals surface area contributed by atoms with Crippen LogP contribution < -0.4 is 11.1 Å². The summed E-state index contributed by atoms with van der Waals surface area (Å²) in [6.07, 6.45) is -2.41. The standard InChI is InChI=1S/C13H10ClF3N4O/c14-9-6-19-10(13(15,16)17)3-8(9)12(22)21-5-7-1-2-11(18)20-4-7/h1-4,6H,5H2,(H2,18,20)(H,21,22). The zero-order valence-corrected chi connectivity index (χ0v) is 11.7. The van der Waals surface area contributed by atoms with E-state index >= 15 is 0 Å². The molecule has 3 N–H and O–H groups in total. The smallest absolute Gasteiger partial charge is 0.384 e. The van der Waals surface area contributed by atoms with E-state index < -0.39 is 17.8 Å². The Morgan fingerprint density at radius 1 is 1.27 bits per heavy atom. The van der Waals surface area contributed by atoms with Gasteiger partial charge in [-0.3, -0.25) is 9.78 Å². The highest BCUT2D eigenvalue weighted by Crippen LogP contribution is 2.29. The molecule has 0 aliphatic heterocycles. The minimum atomic E-state index is -4.65. The molecule has 0 saturated heterocycles. The summed E-state index contributed by atoms with van der Waals surface area (Å²) in [7, 11) is 0. The van der Waals surface area contributed by atoms with Crippen LogP contribution in [-0.4, -0.2) is 15.9 Å². The molecule has 0 bridgehead atoms. The van der Waals surface area contributed by atoms with Gasteiger partial charge < -0.3 is 11.1 Å². The van der Waals surface area contributed by atoms with Gasteiger partial charge in [-0.15, -0.1) is 0 Å². The monoisotopic (exact) mass is 330 g/mol. The molecule has 5 nitrogen and oxygen atoms in total. The van der Waals surface area contributed by atoms with Crippen LogP contribution in [0.1, 0.15) is 21.6 Å². The van der Waals surface area contributed by atoms with Gasteiger partial charge in [-0.25, -0.2) is 4.98 Å². The number of carbonyl (C=O) groups excluding carboxylic acids is 1. The van der Waals surface area contributed by atoms with Crippen LogP contribution >= 0.6 is 11.6 Å². The van der Waals surface area contributed by atoms with Crippen LogP contribution in [0.3, 0.4) is 0 Å². The number of carbonyl (C=O) groups is 1. The molecule has 0 fully saturated rings. The van der Waals surface area contributed by atoms with Crippen molar-refractivity contribution in [1.82, 2.24) is 15.3 Å². The van der Waals surface area contributed by atoms with Crippen LogP contribution in [0.25, 0.3) is 0 Å². The molecule has 2 aromatic heterocycles. The van der Waals surface area contributed by atoms with Crippen LogP contribution in [0.4, 0.5) is 19.0 Å². The third-order valence-electron chi connectivity index (χ3n) is 2.69. The molecule has 9 heteroatoms. The van der Waals surface area contributed by atoms with Gasteiger partial charge in [0.05, 0.1) is 10.6 Å². The fourth-order valence-corrected chi connectivity index (χ4v) is 1.77. The third kappa shape index (κ3) is 3.85. The average molecular weight is 331 g/mol. The predicted molar refractivity (Wildman–Crippen MR) is 74.1 cm³/mol. The molecule has 1 amide bonds. The van der Waals surface area contributed by atoms with Gasteiger partial charge in [-0.1, -0.05) is 17.7 Å². The maximum Gasteiger partial charge on any atom is 0.433 e. The average Bonchev–Trinajstić information content (AvgIpc) is 2.45. The number of nitrogens with zero attached hydrogens (tertiary/aromatic N) is 2. The summed E-state index contributed by atoms with van der Waals surface area (Å²) >= 11 is 5.72. The van der Waals surface area contributed by atoms with E-state index in [2.05, 4.69) is 15.3 Å². The van der Waals surface area contributed by atoms with Gasteiger partial charge in [-0.05, 0) is 17.7 Å². The number of hydrogen-bond donors (Lipinski definition) is 2. The fraction of sp³-hybridized carbons (Fsp3) is 0.154. The van der Waals surface area contributed by atoms with Gasteiger partial charge >= 0.3 is 6.18 Å². The number of pyridine rings is 2. The number of alkyl halides is 3. The number of hydrogen-bond acceptors (Lipinski definition) is 4. The molecule has 2 aromatic rings. The minimum Gasteiger partial charge on any atom is -0.384 e. The number of nitrogens with two attached hydrogens (primary N) is 1. The van der Waals surface area contributed by atoms with Crippen LogP contribution in [0, 0.1) is 0 Å². The van der Waals surface area contributed by atoms with Crippen LogP contribution in [-0.2, 0) is 12.7 Å². The molecule has 0 aliphatic carbocycles. The Morgan fingerprint density at radius 3 is 2.59 bits per heavy atom. The number of halogens is 4. The molecule has 0 aliphatic rings. The maximum atomic E-state index is 12.6. The molecule has 0 spiro atoms. The molecule has 0 radical (unpaired) electrons. The van der Waals surface area contributed by atoms with Crippen molar-refractivity contribution in [2.24, 2.45) is 0 Å². The van der Waals surface area contributed by atoms with Gasteiger partial charge in [0.1, 0.15) is 11.5 Å². The Labute approximate surface area is 128 Å². The summed E-state index contributed by atoms with van der Waals surface area (Å²) in [6.45, 7) is 0.0755. The second-order valence-electron chi connectivity index (χ2n) is 4.32. The van der Waals surface area contributed by atoms with Crippen molar-refractivity contribution in [2.45, 2.75) is 12.7 Å². The van der Waals surface area contributed by atoms with E-state index in [1.807, 2.05) is 0 Å². The first-order chi connectivity index (χ1) is 10.3. The Kier molecular flexibility index (Phi) is 4.51. The SMILES string of the molecule is Nc1ccc(CNC(=O)c2cc(C(F)(F)F)ncc2Cl)cn1. The van der Waals surface area contributed by atoms with Gasteiger partial charge in [0.25, 0.3) is 5.91 Å². The summed E-state index contributed by atoms with van der Waals surface area (Å²) in [4.78, 5) is 18.9. The largest absolute Gasteiger partial charge is 0.433 e. The Balaban J connectivity index is 2.13. The van der Waals surface area contributed by atoms with Crippen molar-refractivity contribution < 1.29 is 18.0 Å². The third-order valence-corrected chi connectivity index (χ3v) is 2.99. The van der Waals surface area contributed by atoms with Crippen molar-refractivity contribution in [1.29, 1.82) is 0 Å². The highest BCUT2D eigenvalue weighted by molar-refractivity contribution is 6.33.